The molecular formula is C23H23FN4O. The van der Waals surface area contributed by atoms with Crippen LogP contribution in [0.5, 0.6) is 0 Å². The molecular weight excluding hydrogens is 367 g/mol. The molecule has 2 heterocycles. The van der Waals surface area contributed by atoms with Crippen molar-refractivity contribution < 1.29 is 9.18 Å². The molecule has 6 heteroatoms. The molecule has 1 fully saturated rings. The third-order valence-electron chi connectivity index (χ3n) is 5.27. The third kappa shape index (κ3) is 4.59. The molecule has 5 nitrogen and oxygen atoms in total. The van der Waals surface area contributed by atoms with Gasteiger partial charge in [-0.15, -0.1) is 0 Å². The summed E-state index contributed by atoms with van der Waals surface area (Å²) in [4.78, 5) is 23.4. The van der Waals surface area contributed by atoms with Gasteiger partial charge in [0, 0.05) is 42.3 Å². The number of rotatable bonds is 4. The second-order valence-corrected chi connectivity index (χ2v) is 7.48. The molecule has 0 atom stereocenters. The number of likely N-dealkylation sites (tertiary alicyclic amines) is 1. The minimum atomic E-state index is -0.276. The number of carbonyl (C=O) groups excluding carboxylic acids is 1. The lowest BCUT2D eigenvalue weighted by Gasteiger charge is -2.30. The van der Waals surface area contributed by atoms with Crippen LogP contribution in [-0.2, 0) is 0 Å². The maximum atomic E-state index is 13.1. The SMILES string of the molecule is CC1CCN(C(=O)c2cccc(Nc3ncc(-c4ccc(F)cc4)cn3)c2)CC1. The van der Waals surface area contributed by atoms with E-state index in [4.69, 9.17) is 0 Å². The van der Waals surface area contributed by atoms with Crippen LogP contribution in [-0.4, -0.2) is 33.9 Å². The van der Waals surface area contributed by atoms with Crippen LogP contribution in [0.15, 0.2) is 60.9 Å². The molecule has 148 valence electrons. The quantitative estimate of drug-likeness (QED) is 0.688. The molecule has 1 N–H and O–H groups in total. The van der Waals surface area contributed by atoms with Crippen molar-refractivity contribution in [2.24, 2.45) is 5.92 Å². The van der Waals surface area contributed by atoms with Gasteiger partial charge in [0.05, 0.1) is 0 Å². The average Bonchev–Trinajstić information content (AvgIpc) is 2.75. The molecule has 3 aromatic rings. The summed E-state index contributed by atoms with van der Waals surface area (Å²) in [5.41, 5.74) is 3.07. The van der Waals surface area contributed by atoms with E-state index in [-0.39, 0.29) is 11.7 Å². The maximum Gasteiger partial charge on any atom is 0.253 e. The highest BCUT2D eigenvalue weighted by Crippen LogP contribution is 2.22. The zero-order valence-corrected chi connectivity index (χ0v) is 16.3. The van der Waals surface area contributed by atoms with Crippen molar-refractivity contribution in [3.63, 3.8) is 0 Å². The number of hydrogen-bond donors (Lipinski definition) is 1. The summed E-state index contributed by atoms with van der Waals surface area (Å²) in [6.45, 7) is 3.85. The van der Waals surface area contributed by atoms with Gasteiger partial charge in [-0.3, -0.25) is 4.79 Å². The number of aromatic nitrogens is 2. The Morgan fingerprint density at radius 1 is 1.03 bits per heavy atom. The van der Waals surface area contributed by atoms with E-state index in [9.17, 15) is 9.18 Å². The molecule has 0 aliphatic carbocycles. The van der Waals surface area contributed by atoms with E-state index in [1.54, 1.807) is 24.5 Å². The Labute approximate surface area is 169 Å². The molecule has 0 unspecified atom stereocenters. The van der Waals surface area contributed by atoms with Crippen LogP contribution in [0.25, 0.3) is 11.1 Å². The maximum absolute atomic E-state index is 13.1. The van der Waals surface area contributed by atoms with Gasteiger partial charge in [-0.2, -0.15) is 0 Å². The predicted molar refractivity (Wildman–Crippen MR) is 111 cm³/mol. The average molecular weight is 390 g/mol. The van der Waals surface area contributed by atoms with Crippen LogP contribution >= 0.6 is 0 Å². The lowest BCUT2D eigenvalue weighted by atomic mass is 9.98. The van der Waals surface area contributed by atoms with Crippen molar-refractivity contribution in [3.05, 3.63) is 72.3 Å². The summed E-state index contributed by atoms with van der Waals surface area (Å²) in [7, 11) is 0. The normalized spacial score (nSPS) is 14.6. The summed E-state index contributed by atoms with van der Waals surface area (Å²) < 4.78 is 13.1. The van der Waals surface area contributed by atoms with E-state index in [2.05, 4.69) is 22.2 Å². The van der Waals surface area contributed by atoms with E-state index in [0.717, 1.165) is 42.7 Å². The first-order valence-electron chi connectivity index (χ1n) is 9.83. The highest BCUT2D eigenvalue weighted by molar-refractivity contribution is 5.95. The molecule has 1 saturated heterocycles. The molecule has 0 saturated carbocycles. The number of hydrogen-bond acceptors (Lipinski definition) is 4. The first-order chi connectivity index (χ1) is 14.1. The van der Waals surface area contributed by atoms with Gasteiger partial charge < -0.3 is 10.2 Å². The van der Waals surface area contributed by atoms with E-state index in [1.807, 2.05) is 29.2 Å². The molecule has 1 amide bonds. The Hall–Kier alpha value is -3.28. The highest BCUT2D eigenvalue weighted by Gasteiger charge is 2.21. The van der Waals surface area contributed by atoms with Crippen molar-refractivity contribution in [1.29, 1.82) is 0 Å². The molecule has 0 bridgehead atoms. The standard InChI is InChI=1S/C23H23FN4O/c1-16-9-11-28(12-10-16)22(29)18-3-2-4-21(13-18)27-23-25-14-19(15-26-23)17-5-7-20(24)8-6-17/h2-8,13-16H,9-12H2,1H3,(H,25,26,27). The Bertz CT molecular complexity index is 981. The van der Waals surface area contributed by atoms with E-state index < -0.39 is 0 Å². The van der Waals surface area contributed by atoms with Gasteiger partial charge in [0.1, 0.15) is 5.82 Å². The van der Waals surface area contributed by atoms with E-state index in [0.29, 0.717) is 17.4 Å². The van der Waals surface area contributed by atoms with Gasteiger partial charge in [0.25, 0.3) is 5.91 Å². The highest BCUT2D eigenvalue weighted by atomic mass is 19.1. The molecule has 1 aliphatic rings. The Kier molecular flexibility index (Phi) is 5.51. The number of benzene rings is 2. The molecule has 0 spiro atoms. The van der Waals surface area contributed by atoms with Gasteiger partial charge in [-0.05, 0) is 54.7 Å². The Morgan fingerprint density at radius 2 is 1.72 bits per heavy atom. The summed E-state index contributed by atoms with van der Waals surface area (Å²) in [6, 6.07) is 13.6. The minimum absolute atomic E-state index is 0.0631. The number of nitrogens with zero attached hydrogens (tertiary/aromatic N) is 3. The van der Waals surface area contributed by atoms with E-state index >= 15 is 0 Å². The number of anilines is 2. The third-order valence-corrected chi connectivity index (χ3v) is 5.27. The minimum Gasteiger partial charge on any atom is -0.339 e. The van der Waals surface area contributed by atoms with Crippen molar-refractivity contribution >= 4 is 17.5 Å². The number of carbonyl (C=O) groups is 1. The van der Waals surface area contributed by atoms with Crippen molar-refractivity contribution in [3.8, 4) is 11.1 Å². The lowest BCUT2D eigenvalue weighted by molar-refractivity contribution is 0.0697. The number of halogens is 1. The molecule has 29 heavy (non-hydrogen) atoms. The predicted octanol–water partition coefficient (Wildman–Crippen LogP) is 4.90. The zero-order chi connectivity index (χ0) is 20.2. The summed E-state index contributed by atoms with van der Waals surface area (Å²) >= 11 is 0. The fraction of sp³-hybridized carbons (Fsp3) is 0.261. The summed E-state index contributed by atoms with van der Waals surface area (Å²) in [6.07, 6.45) is 5.48. The first-order valence-corrected chi connectivity index (χ1v) is 9.83. The first kappa shape index (κ1) is 19.1. The van der Waals surface area contributed by atoms with Gasteiger partial charge in [0.15, 0.2) is 0 Å². The number of amides is 1. The number of piperidine rings is 1. The summed E-state index contributed by atoms with van der Waals surface area (Å²) in [5.74, 6) is 0.906. The van der Waals surface area contributed by atoms with Gasteiger partial charge in [-0.25, -0.2) is 14.4 Å². The van der Waals surface area contributed by atoms with Crippen LogP contribution < -0.4 is 5.32 Å². The monoisotopic (exact) mass is 390 g/mol. The van der Waals surface area contributed by atoms with Crippen LogP contribution in [0.1, 0.15) is 30.1 Å². The molecule has 1 aromatic heterocycles. The van der Waals surface area contributed by atoms with E-state index in [1.165, 1.54) is 12.1 Å². The molecule has 1 aliphatic heterocycles. The molecule has 0 radical (unpaired) electrons. The molecule has 4 rings (SSSR count). The van der Waals surface area contributed by atoms with Crippen LogP contribution in [0.4, 0.5) is 16.0 Å². The zero-order valence-electron chi connectivity index (χ0n) is 16.3. The Balaban J connectivity index is 1.45. The van der Waals surface area contributed by atoms with Gasteiger partial charge in [-0.1, -0.05) is 25.1 Å². The topological polar surface area (TPSA) is 58.1 Å². The largest absolute Gasteiger partial charge is 0.339 e. The van der Waals surface area contributed by atoms with Crippen molar-refractivity contribution in [2.75, 3.05) is 18.4 Å². The Morgan fingerprint density at radius 3 is 2.41 bits per heavy atom. The second kappa shape index (κ2) is 8.39. The fourth-order valence-corrected chi connectivity index (χ4v) is 3.44. The van der Waals surface area contributed by atoms with Crippen LogP contribution in [0.2, 0.25) is 0 Å². The summed E-state index contributed by atoms with van der Waals surface area (Å²) in [5, 5.41) is 3.14. The number of nitrogens with one attached hydrogen (secondary N) is 1. The van der Waals surface area contributed by atoms with Crippen LogP contribution in [0.3, 0.4) is 0 Å². The lowest BCUT2D eigenvalue weighted by Crippen LogP contribution is -2.37. The smallest absolute Gasteiger partial charge is 0.253 e. The van der Waals surface area contributed by atoms with Crippen molar-refractivity contribution in [2.45, 2.75) is 19.8 Å². The fourth-order valence-electron chi connectivity index (χ4n) is 3.44. The second-order valence-electron chi connectivity index (χ2n) is 7.48. The van der Waals surface area contributed by atoms with Crippen molar-refractivity contribution in [1.82, 2.24) is 14.9 Å². The van der Waals surface area contributed by atoms with Gasteiger partial charge >= 0.3 is 0 Å². The van der Waals surface area contributed by atoms with Gasteiger partial charge in [0.2, 0.25) is 5.95 Å². The molecule has 2 aromatic carbocycles. The van der Waals surface area contributed by atoms with Crippen LogP contribution in [0, 0.1) is 11.7 Å².